The first kappa shape index (κ1) is 11.9. The third-order valence-electron chi connectivity index (χ3n) is 3.48. The van der Waals surface area contributed by atoms with Crippen molar-refractivity contribution in [3.8, 4) is 0 Å². The molecule has 2 unspecified atom stereocenters. The molecule has 3 heteroatoms. The highest BCUT2D eigenvalue weighted by Gasteiger charge is 2.41. The van der Waals surface area contributed by atoms with Crippen molar-refractivity contribution in [2.75, 3.05) is 6.54 Å². The molecule has 1 nitrogen and oxygen atoms in total. The minimum atomic E-state index is -2.17. The summed E-state index contributed by atoms with van der Waals surface area (Å²) in [5.74, 6) is -0.444. The standard InChI is InChI=1S/C11H21F2N/c1-4-14-8-5-6-11(2,3)9(7-8)10(12)13/h8-10,14H,4-7H2,1-3H3. The van der Waals surface area contributed by atoms with Crippen molar-refractivity contribution >= 4 is 0 Å². The minimum Gasteiger partial charge on any atom is -0.314 e. The van der Waals surface area contributed by atoms with Gasteiger partial charge in [-0.1, -0.05) is 20.8 Å². The van der Waals surface area contributed by atoms with E-state index in [-0.39, 0.29) is 5.41 Å². The van der Waals surface area contributed by atoms with Gasteiger partial charge >= 0.3 is 0 Å². The van der Waals surface area contributed by atoms with E-state index in [9.17, 15) is 8.78 Å². The van der Waals surface area contributed by atoms with Gasteiger partial charge in [0.05, 0.1) is 0 Å². The second kappa shape index (κ2) is 4.56. The highest BCUT2D eigenvalue weighted by Crippen LogP contribution is 2.43. The second-order valence-corrected chi connectivity index (χ2v) is 4.96. The molecule has 1 aliphatic carbocycles. The van der Waals surface area contributed by atoms with Gasteiger partial charge in [0, 0.05) is 12.0 Å². The second-order valence-electron chi connectivity index (χ2n) is 4.96. The molecule has 0 aromatic heterocycles. The molecular weight excluding hydrogens is 184 g/mol. The zero-order valence-corrected chi connectivity index (χ0v) is 9.32. The number of hydrogen-bond acceptors (Lipinski definition) is 1. The topological polar surface area (TPSA) is 12.0 Å². The van der Waals surface area contributed by atoms with Gasteiger partial charge in [-0.15, -0.1) is 0 Å². The Bertz CT molecular complexity index is 180. The quantitative estimate of drug-likeness (QED) is 0.746. The first-order valence-electron chi connectivity index (χ1n) is 5.49. The molecule has 0 spiro atoms. The van der Waals surface area contributed by atoms with E-state index in [4.69, 9.17) is 0 Å². The van der Waals surface area contributed by atoms with Crippen LogP contribution in [-0.4, -0.2) is 19.0 Å². The van der Waals surface area contributed by atoms with Gasteiger partial charge in [0.2, 0.25) is 6.43 Å². The summed E-state index contributed by atoms with van der Waals surface area (Å²) in [6, 6.07) is 0.298. The predicted molar refractivity (Wildman–Crippen MR) is 54.6 cm³/mol. The SMILES string of the molecule is CCNC1CCC(C)(C)C(C(F)F)C1. The van der Waals surface area contributed by atoms with Crippen molar-refractivity contribution < 1.29 is 8.78 Å². The van der Waals surface area contributed by atoms with Crippen LogP contribution in [0.25, 0.3) is 0 Å². The summed E-state index contributed by atoms with van der Waals surface area (Å²) in [6.07, 6.45) is 0.383. The fraction of sp³-hybridized carbons (Fsp3) is 1.00. The molecule has 0 aliphatic heterocycles. The molecule has 2 atom stereocenters. The van der Waals surface area contributed by atoms with E-state index >= 15 is 0 Å². The lowest BCUT2D eigenvalue weighted by Gasteiger charge is -2.41. The van der Waals surface area contributed by atoms with Gasteiger partial charge in [-0.05, 0) is 31.2 Å². The summed E-state index contributed by atoms with van der Waals surface area (Å²) < 4.78 is 25.6. The van der Waals surface area contributed by atoms with Crippen molar-refractivity contribution in [2.24, 2.45) is 11.3 Å². The van der Waals surface area contributed by atoms with Gasteiger partial charge in [-0.25, -0.2) is 8.78 Å². The van der Waals surface area contributed by atoms with Crippen molar-refractivity contribution in [2.45, 2.75) is 52.5 Å². The number of alkyl halides is 2. The average molecular weight is 205 g/mol. The van der Waals surface area contributed by atoms with Crippen LogP contribution in [0, 0.1) is 11.3 Å². The highest BCUT2D eigenvalue weighted by atomic mass is 19.3. The zero-order valence-electron chi connectivity index (χ0n) is 9.32. The third-order valence-corrected chi connectivity index (χ3v) is 3.48. The first-order valence-corrected chi connectivity index (χ1v) is 5.49. The predicted octanol–water partition coefficient (Wildman–Crippen LogP) is 3.06. The molecule has 0 amide bonds. The van der Waals surface area contributed by atoms with E-state index in [1.165, 1.54) is 0 Å². The van der Waals surface area contributed by atoms with Crippen LogP contribution in [0.1, 0.15) is 40.0 Å². The molecule has 14 heavy (non-hydrogen) atoms. The number of nitrogens with one attached hydrogen (secondary N) is 1. The molecule has 0 radical (unpaired) electrons. The Morgan fingerprint density at radius 2 is 2.07 bits per heavy atom. The molecule has 1 saturated carbocycles. The Morgan fingerprint density at radius 3 is 2.57 bits per heavy atom. The molecule has 84 valence electrons. The van der Waals surface area contributed by atoms with Crippen molar-refractivity contribution in [1.82, 2.24) is 5.32 Å². The van der Waals surface area contributed by atoms with Crippen LogP contribution in [0.15, 0.2) is 0 Å². The van der Waals surface area contributed by atoms with E-state index in [0.717, 1.165) is 19.4 Å². The maximum atomic E-state index is 12.8. The van der Waals surface area contributed by atoms with Gasteiger partial charge in [-0.3, -0.25) is 0 Å². The number of rotatable bonds is 3. The molecule has 0 saturated heterocycles. The van der Waals surface area contributed by atoms with Gasteiger partial charge in [0.15, 0.2) is 0 Å². The Morgan fingerprint density at radius 1 is 1.43 bits per heavy atom. The van der Waals surface area contributed by atoms with Crippen LogP contribution in [0.4, 0.5) is 8.78 Å². The van der Waals surface area contributed by atoms with Gasteiger partial charge in [0.1, 0.15) is 0 Å². The normalized spacial score (nSPS) is 32.1. The lowest BCUT2D eigenvalue weighted by atomic mass is 9.67. The third kappa shape index (κ3) is 2.66. The van der Waals surface area contributed by atoms with Crippen LogP contribution < -0.4 is 5.32 Å². The number of halogens is 2. The molecule has 1 N–H and O–H groups in total. The molecule has 0 heterocycles. The Hall–Kier alpha value is -0.180. The highest BCUT2D eigenvalue weighted by molar-refractivity contribution is 4.90. The van der Waals surface area contributed by atoms with Crippen LogP contribution in [0.2, 0.25) is 0 Å². The summed E-state index contributed by atoms with van der Waals surface area (Å²) in [6.45, 7) is 6.83. The molecule has 1 fully saturated rings. The maximum absolute atomic E-state index is 12.8. The molecule has 0 aromatic rings. The van der Waals surface area contributed by atoms with Crippen LogP contribution in [0.5, 0.6) is 0 Å². The van der Waals surface area contributed by atoms with E-state index in [1.807, 2.05) is 20.8 Å². The summed E-state index contributed by atoms with van der Waals surface area (Å²) in [5, 5.41) is 3.27. The van der Waals surface area contributed by atoms with E-state index < -0.39 is 12.3 Å². The Labute approximate surface area is 85.3 Å². The van der Waals surface area contributed by atoms with Crippen LogP contribution >= 0.6 is 0 Å². The zero-order chi connectivity index (χ0) is 10.8. The Balaban J connectivity index is 2.58. The number of hydrogen-bond donors (Lipinski definition) is 1. The maximum Gasteiger partial charge on any atom is 0.242 e. The van der Waals surface area contributed by atoms with E-state index in [0.29, 0.717) is 12.5 Å². The smallest absolute Gasteiger partial charge is 0.242 e. The molecule has 0 bridgehead atoms. The lowest BCUT2D eigenvalue weighted by molar-refractivity contribution is -0.0261. The van der Waals surface area contributed by atoms with Gasteiger partial charge in [-0.2, -0.15) is 0 Å². The van der Waals surface area contributed by atoms with Crippen molar-refractivity contribution in [3.63, 3.8) is 0 Å². The fourth-order valence-electron chi connectivity index (χ4n) is 2.39. The molecule has 1 aliphatic rings. The van der Waals surface area contributed by atoms with Gasteiger partial charge in [0.25, 0.3) is 0 Å². The fourth-order valence-corrected chi connectivity index (χ4v) is 2.39. The molecular formula is C11H21F2N. The summed E-state index contributed by atoms with van der Waals surface area (Å²) in [7, 11) is 0. The van der Waals surface area contributed by atoms with Crippen LogP contribution in [0.3, 0.4) is 0 Å². The summed E-state index contributed by atoms with van der Waals surface area (Å²) in [4.78, 5) is 0. The monoisotopic (exact) mass is 205 g/mol. The van der Waals surface area contributed by atoms with Crippen molar-refractivity contribution in [1.29, 1.82) is 0 Å². The summed E-state index contributed by atoms with van der Waals surface area (Å²) in [5.41, 5.74) is -0.194. The average Bonchev–Trinajstić information content (AvgIpc) is 2.08. The van der Waals surface area contributed by atoms with Crippen LogP contribution in [-0.2, 0) is 0 Å². The summed E-state index contributed by atoms with van der Waals surface area (Å²) >= 11 is 0. The van der Waals surface area contributed by atoms with Gasteiger partial charge < -0.3 is 5.32 Å². The Kier molecular flexibility index (Phi) is 3.87. The van der Waals surface area contributed by atoms with E-state index in [2.05, 4.69) is 5.32 Å². The minimum absolute atomic E-state index is 0.194. The molecule has 0 aromatic carbocycles. The molecule has 1 rings (SSSR count). The first-order chi connectivity index (χ1) is 6.47. The lowest BCUT2D eigenvalue weighted by Crippen LogP contribution is -2.43. The largest absolute Gasteiger partial charge is 0.314 e. The van der Waals surface area contributed by atoms with E-state index in [1.54, 1.807) is 0 Å². The van der Waals surface area contributed by atoms with Crippen molar-refractivity contribution in [3.05, 3.63) is 0 Å².